The SMILES string of the molecule is Cc1ccc(CC2(O)CCN(CCNC(=O)c3ccc(OCc4ccccc4)cc3)CC2)cc1. The maximum absolute atomic E-state index is 12.5. The second-order valence-corrected chi connectivity index (χ2v) is 9.28. The van der Waals surface area contributed by atoms with Gasteiger partial charge in [-0.1, -0.05) is 60.2 Å². The van der Waals surface area contributed by atoms with Crippen LogP contribution in [0.2, 0.25) is 0 Å². The van der Waals surface area contributed by atoms with E-state index in [4.69, 9.17) is 4.74 Å². The van der Waals surface area contributed by atoms with Crippen molar-refractivity contribution >= 4 is 5.91 Å². The first-order chi connectivity index (χ1) is 16.5. The molecule has 5 nitrogen and oxygen atoms in total. The fourth-order valence-corrected chi connectivity index (χ4v) is 4.33. The molecule has 0 atom stereocenters. The number of nitrogens with zero attached hydrogens (tertiary/aromatic N) is 1. The first-order valence-corrected chi connectivity index (χ1v) is 12.0. The van der Waals surface area contributed by atoms with Crippen molar-refractivity contribution in [1.82, 2.24) is 10.2 Å². The van der Waals surface area contributed by atoms with Gasteiger partial charge < -0.3 is 20.1 Å². The number of piperidine rings is 1. The van der Waals surface area contributed by atoms with Crippen LogP contribution in [0.25, 0.3) is 0 Å². The molecule has 0 saturated carbocycles. The molecular weight excluding hydrogens is 424 g/mol. The molecule has 2 N–H and O–H groups in total. The van der Waals surface area contributed by atoms with E-state index >= 15 is 0 Å². The number of rotatable bonds is 9. The fraction of sp³-hybridized carbons (Fsp3) is 0.345. The lowest BCUT2D eigenvalue weighted by Gasteiger charge is -2.38. The number of aliphatic hydroxyl groups is 1. The number of benzene rings is 3. The summed E-state index contributed by atoms with van der Waals surface area (Å²) in [6, 6.07) is 25.7. The second-order valence-electron chi connectivity index (χ2n) is 9.28. The summed E-state index contributed by atoms with van der Waals surface area (Å²) in [4.78, 5) is 14.8. The van der Waals surface area contributed by atoms with Crippen LogP contribution in [0.3, 0.4) is 0 Å². The van der Waals surface area contributed by atoms with Gasteiger partial charge in [-0.15, -0.1) is 0 Å². The van der Waals surface area contributed by atoms with Crippen molar-refractivity contribution in [3.63, 3.8) is 0 Å². The van der Waals surface area contributed by atoms with E-state index in [2.05, 4.69) is 41.4 Å². The molecule has 178 valence electrons. The van der Waals surface area contributed by atoms with Crippen molar-refractivity contribution in [3.05, 3.63) is 101 Å². The highest BCUT2D eigenvalue weighted by atomic mass is 16.5. The highest BCUT2D eigenvalue weighted by Gasteiger charge is 2.32. The van der Waals surface area contributed by atoms with Gasteiger partial charge in [0.25, 0.3) is 5.91 Å². The molecule has 1 aliphatic rings. The van der Waals surface area contributed by atoms with Crippen molar-refractivity contribution in [1.29, 1.82) is 0 Å². The van der Waals surface area contributed by atoms with Crippen LogP contribution >= 0.6 is 0 Å². The predicted molar refractivity (Wildman–Crippen MR) is 135 cm³/mol. The lowest BCUT2D eigenvalue weighted by atomic mass is 9.85. The number of hydrogen-bond donors (Lipinski definition) is 2. The predicted octanol–water partition coefficient (Wildman–Crippen LogP) is 4.37. The van der Waals surface area contributed by atoms with E-state index in [0.29, 0.717) is 25.1 Å². The van der Waals surface area contributed by atoms with E-state index in [1.807, 2.05) is 42.5 Å². The van der Waals surface area contributed by atoms with Gasteiger partial charge in [-0.3, -0.25) is 4.79 Å². The summed E-state index contributed by atoms with van der Waals surface area (Å²) < 4.78 is 5.79. The molecule has 34 heavy (non-hydrogen) atoms. The van der Waals surface area contributed by atoms with Crippen molar-refractivity contribution in [2.24, 2.45) is 0 Å². The minimum atomic E-state index is -0.640. The zero-order valence-electron chi connectivity index (χ0n) is 19.9. The van der Waals surface area contributed by atoms with Crippen LogP contribution in [-0.2, 0) is 13.0 Å². The Balaban J connectivity index is 1.16. The summed E-state index contributed by atoms with van der Waals surface area (Å²) in [7, 11) is 0. The summed E-state index contributed by atoms with van der Waals surface area (Å²) >= 11 is 0. The Labute approximate surface area is 202 Å². The smallest absolute Gasteiger partial charge is 0.251 e. The lowest BCUT2D eigenvalue weighted by Crippen LogP contribution is -2.47. The second kappa shape index (κ2) is 11.3. The molecule has 0 bridgehead atoms. The number of ether oxygens (including phenoxy) is 1. The van der Waals surface area contributed by atoms with Gasteiger partial charge in [-0.25, -0.2) is 0 Å². The van der Waals surface area contributed by atoms with Crippen LogP contribution < -0.4 is 10.1 Å². The summed E-state index contributed by atoms with van der Waals surface area (Å²) in [5.41, 5.74) is 3.51. The maximum atomic E-state index is 12.5. The summed E-state index contributed by atoms with van der Waals surface area (Å²) in [5, 5.41) is 14.0. The highest BCUT2D eigenvalue weighted by molar-refractivity contribution is 5.94. The number of carbonyl (C=O) groups excluding carboxylic acids is 1. The molecule has 0 unspecified atom stereocenters. The van der Waals surface area contributed by atoms with Crippen molar-refractivity contribution in [3.8, 4) is 5.75 Å². The number of likely N-dealkylation sites (tertiary alicyclic amines) is 1. The zero-order chi connectivity index (χ0) is 23.8. The van der Waals surface area contributed by atoms with Gasteiger partial charge in [-0.2, -0.15) is 0 Å². The lowest BCUT2D eigenvalue weighted by molar-refractivity contribution is -0.0202. The molecule has 0 spiro atoms. The maximum Gasteiger partial charge on any atom is 0.251 e. The zero-order valence-corrected chi connectivity index (χ0v) is 19.9. The number of amides is 1. The molecule has 1 saturated heterocycles. The van der Waals surface area contributed by atoms with Crippen molar-refractivity contribution < 1.29 is 14.6 Å². The Hall–Kier alpha value is -3.15. The first-order valence-electron chi connectivity index (χ1n) is 12.0. The van der Waals surface area contributed by atoms with E-state index in [-0.39, 0.29) is 5.91 Å². The van der Waals surface area contributed by atoms with Crippen molar-refractivity contribution in [2.45, 2.75) is 38.4 Å². The van der Waals surface area contributed by atoms with E-state index in [9.17, 15) is 9.90 Å². The van der Waals surface area contributed by atoms with Gasteiger partial charge in [0.05, 0.1) is 5.60 Å². The Morgan fingerprint density at radius 3 is 2.29 bits per heavy atom. The molecule has 4 rings (SSSR count). The molecule has 5 heteroatoms. The molecule has 1 aliphatic heterocycles. The van der Waals surface area contributed by atoms with Gasteiger partial charge in [0, 0.05) is 38.2 Å². The van der Waals surface area contributed by atoms with Crippen LogP contribution in [-0.4, -0.2) is 47.7 Å². The topological polar surface area (TPSA) is 61.8 Å². The molecule has 1 heterocycles. The first kappa shape index (κ1) is 24.0. The fourth-order valence-electron chi connectivity index (χ4n) is 4.33. The number of carbonyl (C=O) groups is 1. The largest absolute Gasteiger partial charge is 0.489 e. The van der Waals surface area contributed by atoms with Crippen LogP contribution in [0.15, 0.2) is 78.9 Å². The van der Waals surface area contributed by atoms with E-state index in [0.717, 1.165) is 43.8 Å². The van der Waals surface area contributed by atoms with E-state index in [1.54, 1.807) is 12.1 Å². The van der Waals surface area contributed by atoms with Crippen LogP contribution in [0, 0.1) is 6.92 Å². The van der Waals surface area contributed by atoms with Crippen LogP contribution in [0.4, 0.5) is 0 Å². The monoisotopic (exact) mass is 458 g/mol. The molecule has 0 aliphatic carbocycles. The minimum Gasteiger partial charge on any atom is -0.489 e. The number of aryl methyl sites for hydroxylation is 1. The summed E-state index contributed by atoms with van der Waals surface area (Å²) in [6.07, 6.45) is 2.20. The molecular formula is C29H34N2O3. The Bertz CT molecular complexity index is 1040. The summed E-state index contributed by atoms with van der Waals surface area (Å²) in [5.74, 6) is 0.661. The normalized spacial score (nSPS) is 15.6. The molecule has 0 aromatic heterocycles. The van der Waals surface area contributed by atoms with Gasteiger partial charge in [0.2, 0.25) is 0 Å². The van der Waals surface area contributed by atoms with Crippen molar-refractivity contribution in [2.75, 3.05) is 26.2 Å². The molecule has 1 fully saturated rings. The average molecular weight is 459 g/mol. The van der Waals surface area contributed by atoms with Crippen LogP contribution in [0.5, 0.6) is 5.75 Å². The van der Waals surface area contributed by atoms with Gasteiger partial charge in [0.1, 0.15) is 12.4 Å². The van der Waals surface area contributed by atoms with Gasteiger partial charge in [-0.05, 0) is 55.2 Å². The van der Waals surface area contributed by atoms with E-state index in [1.165, 1.54) is 11.1 Å². The third-order valence-corrected chi connectivity index (χ3v) is 6.52. The molecule has 0 radical (unpaired) electrons. The Morgan fingerprint density at radius 1 is 0.941 bits per heavy atom. The number of nitrogens with one attached hydrogen (secondary N) is 1. The summed E-state index contributed by atoms with van der Waals surface area (Å²) in [6.45, 7) is 5.62. The van der Waals surface area contributed by atoms with Crippen LogP contribution in [0.1, 0.15) is 39.9 Å². The average Bonchev–Trinajstić information content (AvgIpc) is 2.86. The Morgan fingerprint density at radius 2 is 1.62 bits per heavy atom. The Kier molecular flexibility index (Phi) is 7.99. The third kappa shape index (κ3) is 6.92. The van der Waals surface area contributed by atoms with E-state index < -0.39 is 5.60 Å². The standard InChI is InChI=1S/C29H34N2O3/c1-23-7-9-24(10-8-23)21-29(33)15-18-31(19-16-29)20-17-30-28(32)26-11-13-27(14-12-26)34-22-25-5-3-2-4-6-25/h2-14,33H,15-22H2,1H3,(H,30,32). The molecule has 1 amide bonds. The van der Waals surface area contributed by atoms with Gasteiger partial charge in [0.15, 0.2) is 0 Å². The number of hydrogen-bond acceptors (Lipinski definition) is 4. The minimum absolute atomic E-state index is 0.0810. The van der Waals surface area contributed by atoms with Gasteiger partial charge >= 0.3 is 0 Å². The molecule has 3 aromatic rings. The quantitative estimate of drug-likeness (QED) is 0.500. The third-order valence-electron chi connectivity index (χ3n) is 6.52. The highest BCUT2D eigenvalue weighted by Crippen LogP contribution is 2.26. The molecule has 3 aromatic carbocycles.